The Hall–Kier alpha value is -2.83. The number of carbonyl (C=O) groups is 1. The number of carbonyl (C=O) groups excluding carboxylic acids is 1. The minimum atomic E-state index is -0.266. The predicted octanol–water partition coefficient (Wildman–Crippen LogP) is 3.79. The van der Waals surface area contributed by atoms with Crippen LogP contribution >= 0.6 is 0 Å². The van der Waals surface area contributed by atoms with Crippen LogP contribution in [0.25, 0.3) is 10.9 Å². The second-order valence-corrected chi connectivity index (χ2v) is 7.76. The number of fused-ring (bicyclic) bond motifs is 1. The summed E-state index contributed by atoms with van der Waals surface area (Å²) in [4.78, 5) is 20.0. The lowest BCUT2D eigenvalue weighted by atomic mass is 10.0. The number of ether oxygens (including phenoxy) is 1. The fourth-order valence-corrected chi connectivity index (χ4v) is 3.98. The summed E-state index contributed by atoms with van der Waals surface area (Å²) in [6, 6.07) is 14.2. The molecule has 0 bridgehead atoms. The molecule has 1 N–H and O–H groups in total. The molecule has 2 heterocycles. The van der Waals surface area contributed by atoms with Crippen LogP contribution in [-0.4, -0.2) is 48.6 Å². The van der Waals surface area contributed by atoms with Crippen LogP contribution in [0.15, 0.2) is 48.5 Å². The summed E-state index contributed by atoms with van der Waals surface area (Å²) in [6.45, 7) is 7.18. The van der Waals surface area contributed by atoms with Crippen LogP contribution in [0, 0.1) is 19.7 Å². The minimum absolute atomic E-state index is 0.0469. The lowest BCUT2D eigenvalue weighted by Gasteiger charge is -2.35. The number of morpholine rings is 1. The zero-order valence-corrected chi connectivity index (χ0v) is 17.3. The number of aromatic nitrogens is 1. The van der Waals surface area contributed by atoms with Gasteiger partial charge in [-0.2, -0.15) is 0 Å². The lowest BCUT2D eigenvalue weighted by Crippen LogP contribution is -2.43. The van der Waals surface area contributed by atoms with Gasteiger partial charge >= 0.3 is 0 Å². The zero-order valence-electron chi connectivity index (χ0n) is 17.3. The van der Waals surface area contributed by atoms with Gasteiger partial charge in [-0.1, -0.05) is 23.8 Å². The number of hydrogen-bond acceptors (Lipinski definition) is 4. The highest BCUT2D eigenvalue weighted by Gasteiger charge is 2.24. The zero-order chi connectivity index (χ0) is 21.1. The fraction of sp³-hybridized carbons (Fsp3) is 0.333. The summed E-state index contributed by atoms with van der Waals surface area (Å²) in [5.74, 6) is -0.394. The van der Waals surface area contributed by atoms with E-state index in [4.69, 9.17) is 4.74 Å². The molecule has 1 amide bonds. The van der Waals surface area contributed by atoms with Crippen LogP contribution in [0.3, 0.4) is 0 Å². The molecule has 1 unspecified atom stereocenters. The molecule has 1 aromatic heterocycles. The highest BCUT2D eigenvalue weighted by Crippen LogP contribution is 2.23. The van der Waals surface area contributed by atoms with Crippen molar-refractivity contribution in [2.75, 3.05) is 32.8 Å². The first-order valence-electron chi connectivity index (χ1n) is 10.2. The monoisotopic (exact) mass is 407 g/mol. The minimum Gasteiger partial charge on any atom is -0.379 e. The number of amides is 1. The largest absolute Gasteiger partial charge is 0.379 e. The van der Waals surface area contributed by atoms with Crippen molar-refractivity contribution in [1.82, 2.24) is 15.2 Å². The first-order valence-corrected chi connectivity index (χ1v) is 10.2. The smallest absolute Gasteiger partial charge is 0.252 e. The molecule has 0 radical (unpaired) electrons. The molecule has 156 valence electrons. The van der Waals surface area contributed by atoms with Crippen molar-refractivity contribution >= 4 is 16.8 Å². The molecule has 4 rings (SSSR count). The van der Waals surface area contributed by atoms with Crippen molar-refractivity contribution in [3.8, 4) is 0 Å². The van der Waals surface area contributed by atoms with Gasteiger partial charge in [0.15, 0.2) is 0 Å². The van der Waals surface area contributed by atoms with Crippen molar-refractivity contribution < 1.29 is 13.9 Å². The Morgan fingerprint density at radius 1 is 1.13 bits per heavy atom. The fourth-order valence-electron chi connectivity index (χ4n) is 3.98. The summed E-state index contributed by atoms with van der Waals surface area (Å²) < 4.78 is 18.9. The summed E-state index contributed by atoms with van der Waals surface area (Å²) in [5, 5.41) is 3.96. The Morgan fingerprint density at radius 3 is 2.60 bits per heavy atom. The summed E-state index contributed by atoms with van der Waals surface area (Å²) >= 11 is 0. The van der Waals surface area contributed by atoms with Gasteiger partial charge in [0.25, 0.3) is 5.91 Å². The van der Waals surface area contributed by atoms with Crippen LogP contribution in [0.1, 0.15) is 33.2 Å². The first-order chi connectivity index (χ1) is 14.5. The number of nitrogens with zero attached hydrogens (tertiary/aromatic N) is 2. The Balaban J connectivity index is 1.59. The van der Waals surface area contributed by atoms with Gasteiger partial charge in [0, 0.05) is 30.7 Å². The third-order valence-electron chi connectivity index (χ3n) is 5.53. The SMILES string of the molecule is Cc1ccc2nc(C)cc(C(=O)NCC(c3ccc(F)cc3)N3CCOCC3)c2c1. The molecule has 30 heavy (non-hydrogen) atoms. The number of hydrogen-bond donors (Lipinski definition) is 1. The van der Waals surface area contributed by atoms with Gasteiger partial charge in [0.05, 0.1) is 30.3 Å². The van der Waals surface area contributed by atoms with E-state index in [-0.39, 0.29) is 17.8 Å². The van der Waals surface area contributed by atoms with Crippen LogP contribution in [0.4, 0.5) is 4.39 Å². The van der Waals surface area contributed by atoms with E-state index in [0.29, 0.717) is 25.3 Å². The third kappa shape index (κ3) is 4.50. The van der Waals surface area contributed by atoms with Crippen molar-refractivity contribution in [1.29, 1.82) is 0 Å². The number of benzene rings is 2. The van der Waals surface area contributed by atoms with Crippen molar-refractivity contribution in [3.05, 3.63) is 76.7 Å². The maximum absolute atomic E-state index is 13.4. The van der Waals surface area contributed by atoms with Crippen molar-refractivity contribution in [2.45, 2.75) is 19.9 Å². The van der Waals surface area contributed by atoms with E-state index in [0.717, 1.165) is 40.8 Å². The van der Waals surface area contributed by atoms with Gasteiger partial charge in [0.1, 0.15) is 5.82 Å². The molecule has 6 heteroatoms. The average Bonchev–Trinajstić information content (AvgIpc) is 2.75. The van der Waals surface area contributed by atoms with E-state index in [2.05, 4.69) is 15.2 Å². The molecule has 1 aliphatic rings. The molecule has 1 saturated heterocycles. The summed E-state index contributed by atoms with van der Waals surface area (Å²) in [6.07, 6.45) is 0. The van der Waals surface area contributed by atoms with E-state index >= 15 is 0 Å². The van der Waals surface area contributed by atoms with Gasteiger partial charge < -0.3 is 10.1 Å². The van der Waals surface area contributed by atoms with Crippen molar-refractivity contribution in [3.63, 3.8) is 0 Å². The van der Waals surface area contributed by atoms with Gasteiger partial charge in [-0.3, -0.25) is 14.7 Å². The van der Waals surface area contributed by atoms with Crippen LogP contribution in [0.5, 0.6) is 0 Å². The van der Waals surface area contributed by atoms with Gasteiger partial charge in [-0.25, -0.2) is 4.39 Å². The number of pyridine rings is 1. The number of halogens is 1. The second-order valence-electron chi connectivity index (χ2n) is 7.76. The van der Waals surface area contributed by atoms with E-state index in [1.165, 1.54) is 12.1 Å². The molecule has 0 aliphatic carbocycles. The maximum atomic E-state index is 13.4. The number of nitrogens with one attached hydrogen (secondary N) is 1. The topological polar surface area (TPSA) is 54.5 Å². The Kier molecular flexibility index (Phi) is 6.06. The quantitative estimate of drug-likeness (QED) is 0.699. The molecule has 3 aromatic rings. The van der Waals surface area contributed by atoms with Gasteiger partial charge in [-0.05, 0) is 49.7 Å². The normalized spacial score (nSPS) is 15.8. The Labute approximate surface area is 175 Å². The van der Waals surface area contributed by atoms with E-state index < -0.39 is 0 Å². The molecule has 0 saturated carbocycles. The van der Waals surface area contributed by atoms with Gasteiger partial charge in [0.2, 0.25) is 0 Å². The molecule has 1 atom stereocenters. The molecule has 1 aliphatic heterocycles. The summed E-state index contributed by atoms with van der Waals surface area (Å²) in [5.41, 5.74) is 4.31. The molecule has 2 aromatic carbocycles. The highest BCUT2D eigenvalue weighted by molar-refractivity contribution is 6.06. The molecule has 1 fully saturated rings. The molecular formula is C24H26FN3O2. The molecule has 0 spiro atoms. The number of aryl methyl sites for hydroxylation is 2. The first kappa shape index (κ1) is 20.4. The van der Waals surface area contributed by atoms with E-state index in [1.54, 1.807) is 12.1 Å². The Bertz CT molecular complexity index is 1050. The highest BCUT2D eigenvalue weighted by atomic mass is 19.1. The Morgan fingerprint density at radius 2 is 1.87 bits per heavy atom. The number of rotatable bonds is 5. The predicted molar refractivity (Wildman–Crippen MR) is 115 cm³/mol. The second kappa shape index (κ2) is 8.90. The summed E-state index contributed by atoms with van der Waals surface area (Å²) in [7, 11) is 0. The van der Waals surface area contributed by atoms with Crippen LogP contribution < -0.4 is 5.32 Å². The molecular weight excluding hydrogens is 381 g/mol. The van der Waals surface area contributed by atoms with Crippen LogP contribution in [0.2, 0.25) is 0 Å². The molecule has 5 nitrogen and oxygen atoms in total. The van der Waals surface area contributed by atoms with Crippen molar-refractivity contribution in [2.24, 2.45) is 0 Å². The maximum Gasteiger partial charge on any atom is 0.252 e. The third-order valence-corrected chi connectivity index (χ3v) is 5.53. The van der Waals surface area contributed by atoms with E-state index in [1.807, 2.05) is 38.1 Å². The van der Waals surface area contributed by atoms with E-state index in [9.17, 15) is 9.18 Å². The average molecular weight is 407 g/mol. The lowest BCUT2D eigenvalue weighted by molar-refractivity contribution is 0.0162. The van der Waals surface area contributed by atoms with Gasteiger partial charge in [-0.15, -0.1) is 0 Å². The standard InChI is InChI=1S/C24H26FN3O2/c1-16-3-8-22-20(13-16)21(14-17(2)27-22)24(29)26-15-23(28-9-11-30-12-10-28)18-4-6-19(25)7-5-18/h3-8,13-14,23H,9-12,15H2,1-2H3,(H,26,29). The van der Waals surface area contributed by atoms with Crippen LogP contribution in [-0.2, 0) is 4.74 Å².